The molecule has 1 aliphatic carbocycles. The van der Waals surface area contributed by atoms with E-state index in [4.69, 9.17) is 9.69 Å². The van der Waals surface area contributed by atoms with Crippen LogP contribution in [0.5, 0.6) is 0 Å². The second-order valence-electron chi connectivity index (χ2n) is 4.71. The Kier molecular flexibility index (Phi) is 2.65. The van der Waals surface area contributed by atoms with Gasteiger partial charge in [-0.1, -0.05) is 5.57 Å². The van der Waals surface area contributed by atoms with Gasteiger partial charge in [-0.3, -0.25) is 0 Å². The van der Waals surface area contributed by atoms with E-state index in [-0.39, 0.29) is 0 Å². The van der Waals surface area contributed by atoms with E-state index < -0.39 is 13.9 Å². The molecule has 0 radical (unpaired) electrons. The summed E-state index contributed by atoms with van der Waals surface area (Å²) in [6.45, 7) is 8.42. The van der Waals surface area contributed by atoms with Crippen molar-refractivity contribution in [2.24, 2.45) is 0 Å². The van der Waals surface area contributed by atoms with Crippen LogP contribution in [0.4, 0.5) is 0 Å². The molecule has 0 saturated carbocycles. The largest absolute Gasteiger partial charge is 0.397 e. The molecule has 0 fully saturated rings. The minimum absolute atomic E-state index is 0.603. The highest BCUT2D eigenvalue weighted by molar-refractivity contribution is 6.69. The van der Waals surface area contributed by atoms with Gasteiger partial charge in [-0.05, 0) is 45.5 Å². The predicted molar refractivity (Wildman–Crippen MR) is 55.8 cm³/mol. The number of nitriles is 1. The van der Waals surface area contributed by atoms with Gasteiger partial charge in [0, 0.05) is 0 Å². The monoisotopic (exact) mass is 195 g/mol. The Balaban J connectivity index is 2.81. The number of allylic oxidation sites excluding steroid dienone is 1. The third-order valence-electron chi connectivity index (χ3n) is 2.05. The summed E-state index contributed by atoms with van der Waals surface area (Å²) in [6, 6.07) is 2.30. The minimum Gasteiger partial charge on any atom is -0.397 e. The zero-order valence-corrected chi connectivity index (χ0v) is 9.85. The second kappa shape index (κ2) is 3.28. The summed E-state index contributed by atoms with van der Waals surface area (Å²) in [7, 11) is -1.61. The van der Waals surface area contributed by atoms with Crippen molar-refractivity contribution in [3.05, 3.63) is 11.6 Å². The lowest BCUT2D eigenvalue weighted by Crippen LogP contribution is -2.39. The molecule has 0 aromatic heterocycles. The van der Waals surface area contributed by atoms with Gasteiger partial charge >= 0.3 is 0 Å². The molecular weight excluding hydrogens is 178 g/mol. The number of hydrogen-bond acceptors (Lipinski definition) is 2. The van der Waals surface area contributed by atoms with E-state index in [1.165, 1.54) is 5.57 Å². The van der Waals surface area contributed by atoms with Crippen LogP contribution < -0.4 is 0 Å². The smallest absolute Gasteiger partial charge is 0.186 e. The number of rotatable bonds is 2. The highest BCUT2D eigenvalue weighted by Gasteiger charge is 2.37. The Hall–Kier alpha value is -0.593. The minimum atomic E-state index is -1.61. The van der Waals surface area contributed by atoms with Gasteiger partial charge in [-0.15, -0.1) is 0 Å². The maximum atomic E-state index is 9.10. The quantitative estimate of drug-likeness (QED) is 0.501. The first-order valence-corrected chi connectivity index (χ1v) is 8.07. The topological polar surface area (TPSA) is 33.0 Å². The highest BCUT2D eigenvalue weighted by Crippen LogP contribution is 2.33. The lowest BCUT2D eigenvalue weighted by molar-refractivity contribution is 0.170. The van der Waals surface area contributed by atoms with Crippen molar-refractivity contribution in [2.45, 2.75) is 45.0 Å². The average molecular weight is 195 g/mol. The van der Waals surface area contributed by atoms with Crippen molar-refractivity contribution in [3.63, 3.8) is 0 Å². The van der Waals surface area contributed by atoms with Gasteiger partial charge in [0.05, 0.1) is 0 Å². The van der Waals surface area contributed by atoms with Gasteiger partial charge in [-0.25, -0.2) is 0 Å². The number of nitrogens with zero attached hydrogens (tertiary/aromatic N) is 1. The van der Waals surface area contributed by atoms with Crippen molar-refractivity contribution >= 4 is 8.32 Å². The Morgan fingerprint density at radius 3 is 2.46 bits per heavy atom. The molecule has 0 unspecified atom stereocenters. The molecule has 0 N–H and O–H groups in total. The Morgan fingerprint density at radius 1 is 1.54 bits per heavy atom. The van der Waals surface area contributed by atoms with Crippen LogP contribution in [0.25, 0.3) is 0 Å². The lowest BCUT2D eigenvalue weighted by Gasteiger charge is -2.28. The van der Waals surface area contributed by atoms with Gasteiger partial charge in [-0.2, -0.15) is 5.26 Å². The molecule has 2 nitrogen and oxygen atoms in total. The van der Waals surface area contributed by atoms with Crippen LogP contribution in [0.2, 0.25) is 19.6 Å². The molecule has 1 atom stereocenters. The first kappa shape index (κ1) is 10.5. The molecule has 0 aliphatic heterocycles. The SMILES string of the molecule is CC1=C[C@](C#N)(O[Si](C)(C)C)CC1. The third-order valence-corrected chi connectivity index (χ3v) is 3.02. The molecule has 3 heteroatoms. The maximum absolute atomic E-state index is 9.10. The van der Waals surface area contributed by atoms with E-state index in [1.807, 2.05) is 6.08 Å². The summed E-state index contributed by atoms with van der Waals surface area (Å²) in [4.78, 5) is 0. The van der Waals surface area contributed by atoms with Crippen molar-refractivity contribution < 1.29 is 4.43 Å². The van der Waals surface area contributed by atoms with Gasteiger partial charge in [0.15, 0.2) is 13.9 Å². The first-order valence-electron chi connectivity index (χ1n) is 4.67. The molecule has 0 amide bonds. The molecule has 0 bridgehead atoms. The molecule has 1 rings (SSSR count). The molecule has 72 valence electrons. The molecule has 0 heterocycles. The van der Waals surface area contributed by atoms with Crippen LogP contribution in [-0.2, 0) is 4.43 Å². The van der Waals surface area contributed by atoms with Gasteiger partial charge in [0.1, 0.15) is 6.07 Å². The zero-order valence-electron chi connectivity index (χ0n) is 8.85. The summed E-state index contributed by atoms with van der Waals surface area (Å²) >= 11 is 0. The fourth-order valence-electron chi connectivity index (χ4n) is 1.66. The summed E-state index contributed by atoms with van der Waals surface area (Å²) in [6.07, 6.45) is 3.82. The fourth-order valence-corrected chi connectivity index (χ4v) is 2.96. The number of hydrogen-bond donors (Lipinski definition) is 0. The van der Waals surface area contributed by atoms with Crippen LogP contribution in [0.1, 0.15) is 19.8 Å². The van der Waals surface area contributed by atoms with Crippen molar-refractivity contribution in [1.29, 1.82) is 5.26 Å². The van der Waals surface area contributed by atoms with Crippen LogP contribution in [0.15, 0.2) is 11.6 Å². The second-order valence-corrected chi connectivity index (χ2v) is 9.14. The summed E-state index contributed by atoms with van der Waals surface area (Å²) in [5.74, 6) is 0. The van der Waals surface area contributed by atoms with Crippen molar-refractivity contribution in [3.8, 4) is 6.07 Å². The maximum Gasteiger partial charge on any atom is 0.186 e. The summed E-state index contributed by atoms with van der Waals surface area (Å²) < 4.78 is 5.91. The fraction of sp³-hybridized carbons (Fsp3) is 0.700. The van der Waals surface area contributed by atoms with Crippen LogP contribution in [-0.4, -0.2) is 13.9 Å². The molecule has 13 heavy (non-hydrogen) atoms. The zero-order chi connectivity index (χ0) is 10.1. The first-order chi connectivity index (χ1) is 5.87. The Morgan fingerprint density at radius 2 is 2.15 bits per heavy atom. The third kappa shape index (κ3) is 2.68. The van der Waals surface area contributed by atoms with Crippen molar-refractivity contribution in [2.75, 3.05) is 0 Å². The molecule has 1 aliphatic rings. The summed E-state index contributed by atoms with van der Waals surface area (Å²) in [5, 5.41) is 9.10. The van der Waals surface area contributed by atoms with Gasteiger partial charge < -0.3 is 4.43 Å². The molecular formula is C10H17NOSi. The van der Waals surface area contributed by atoms with Crippen LogP contribution in [0, 0.1) is 11.3 Å². The average Bonchev–Trinajstić information content (AvgIpc) is 2.29. The van der Waals surface area contributed by atoms with E-state index >= 15 is 0 Å². The van der Waals surface area contributed by atoms with Crippen LogP contribution in [0.3, 0.4) is 0 Å². The highest BCUT2D eigenvalue weighted by atomic mass is 28.4. The van der Waals surface area contributed by atoms with E-state index in [0.29, 0.717) is 0 Å². The van der Waals surface area contributed by atoms with Gasteiger partial charge in [0.2, 0.25) is 0 Å². The van der Waals surface area contributed by atoms with Crippen LogP contribution >= 0.6 is 0 Å². The Labute approximate surface area is 81.3 Å². The molecule has 0 spiro atoms. The molecule has 0 aromatic carbocycles. The van der Waals surface area contributed by atoms with E-state index in [9.17, 15) is 0 Å². The molecule has 0 aromatic rings. The summed E-state index contributed by atoms with van der Waals surface area (Å²) in [5.41, 5.74) is 0.675. The standard InChI is InChI=1S/C10H17NOSi/c1-9-5-6-10(7-9,8-11)12-13(2,3)4/h7H,5-6H2,1-4H3/t10-/m1/s1. The predicted octanol–water partition coefficient (Wildman–Crippen LogP) is 2.84. The normalized spacial score (nSPS) is 28.4. The molecule has 0 saturated heterocycles. The van der Waals surface area contributed by atoms with Crippen molar-refractivity contribution in [1.82, 2.24) is 0 Å². The van der Waals surface area contributed by atoms with E-state index in [1.54, 1.807) is 0 Å². The van der Waals surface area contributed by atoms with Gasteiger partial charge in [0.25, 0.3) is 0 Å². The lowest BCUT2D eigenvalue weighted by atomic mass is 10.1. The van der Waals surface area contributed by atoms with E-state index in [2.05, 4.69) is 32.6 Å². The van der Waals surface area contributed by atoms with E-state index in [0.717, 1.165) is 12.8 Å². The Bertz CT molecular complexity index is 272.